The molecule has 0 N–H and O–H groups in total. The highest BCUT2D eigenvalue weighted by molar-refractivity contribution is 5.90. The number of hydrogen-bond donors (Lipinski definition) is 0. The van der Waals surface area contributed by atoms with Gasteiger partial charge < -0.3 is 33.2 Å². The van der Waals surface area contributed by atoms with Crippen molar-refractivity contribution in [3.05, 3.63) is 180 Å². The van der Waals surface area contributed by atoms with E-state index in [1.54, 1.807) is 63.3 Å². The van der Waals surface area contributed by atoms with Gasteiger partial charge in [-0.25, -0.2) is 28.8 Å². The van der Waals surface area contributed by atoms with E-state index in [-0.39, 0.29) is 51.5 Å². The number of ether oxygens (including phenoxy) is 7. The molecule has 0 atom stereocenters. The first-order chi connectivity index (χ1) is 41.5. The van der Waals surface area contributed by atoms with Gasteiger partial charge >= 0.3 is 41.8 Å². The van der Waals surface area contributed by atoms with Crippen LogP contribution in [-0.4, -0.2) is 81.4 Å². The van der Waals surface area contributed by atoms with Gasteiger partial charge in [0.1, 0.15) is 45.4 Å². The zero-order valence-electron chi connectivity index (χ0n) is 50.6. The van der Waals surface area contributed by atoms with Crippen molar-refractivity contribution >= 4 is 60.0 Å². The van der Waals surface area contributed by atoms with Gasteiger partial charge in [-0.1, -0.05) is 156 Å². The van der Waals surface area contributed by atoms with Gasteiger partial charge in [-0.05, 0) is 160 Å². The smallest absolute Gasteiger partial charge is 0.333 e. The maximum absolute atomic E-state index is 12.7. The first-order valence-electron chi connectivity index (χ1n) is 30.1. The summed E-state index contributed by atoms with van der Waals surface area (Å²) in [6.07, 6.45) is 26.5. The lowest BCUT2D eigenvalue weighted by atomic mass is 9.69. The van der Waals surface area contributed by atoms with Crippen molar-refractivity contribution in [3.63, 3.8) is 0 Å². The van der Waals surface area contributed by atoms with Gasteiger partial charge in [0.15, 0.2) is 0 Å². The Kier molecular flexibility index (Phi) is 30.1. The summed E-state index contributed by atoms with van der Waals surface area (Å²) in [5, 5.41) is 0. The lowest BCUT2D eigenvalue weighted by Crippen LogP contribution is -2.30. The topological polar surface area (TPSA) is 184 Å². The molecule has 458 valence electrons. The number of carbonyl (C=O) groups is 7. The Morgan fingerprint density at radius 1 is 0.430 bits per heavy atom. The summed E-state index contributed by atoms with van der Waals surface area (Å²) in [5.41, 5.74) is 7.20. The van der Waals surface area contributed by atoms with Gasteiger partial charge in [0.2, 0.25) is 0 Å². The second-order valence-corrected chi connectivity index (χ2v) is 22.0. The second-order valence-electron chi connectivity index (χ2n) is 22.0. The third kappa shape index (κ3) is 25.8. The van der Waals surface area contributed by atoms with Crippen LogP contribution in [0.15, 0.2) is 158 Å². The molecule has 3 saturated carbocycles. The molecule has 0 aromatic heterocycles. The van der Waals surface area contributed by atoms with Gasteiger partial charge in [0, 0.05) is 34.9 Å². The van der Waals surface area contributed by atoms with Crippen molar-refractivity contribution in [2.24, 2.45) is 23.7 Å². The zero-order chi connectivity index (χ0) is 62.1. The van der Waals surface area contributed by atoms with E-state index in [2.05, 4.69) is 38.8 Å². The van der Waals surface area contributed by atoms with Crippen molar-refractivity contribution in [2.45, 2.75) is 124 Å². The molecule has 7 rings (SSSR count). The summed E-state index contributed by atoms with van der Waals surface area (Å²) in [5.74, 6) is 0.616. The van der Waals surface area contributed by atoms with E-state index >= 15 is 0 Å². The predicted molar refractivity (Wildman–Crippen MR) is 335 cm³/mol. The van der Waals surface area contributed by atoms with Crippen molar-refractivity contribution in [2.75, 3.05) is 39.6 Å². The molecule has 0 unspecified atom stereocenters. The van der Waals surface area contributed by atoms with Crippen molar-refractivity contribution in [3.8, 4) is 16.9 Å². The number of rotatable bonds is 24. The molecule has 3 fully saturated rings. The van der Waals surface area contributed by atoms with Crippen LogP contribution in [-0.2, 0) is 62.0 Å². The Labute approximate surface area is 508 Å². The van der Waals surface area contributed by atoms with Crippen LogP contribution in [0, 0.1) is 23.7 Å². The predicted octanol–water partition coefficient (Wildman–Crippen LogP) is 14.7. The summed E-state index contributed by atoms with van der Waals surface area (Å²) in [4.78, 5) is 81.3. The first kappa shape index (κ1) is 68.4. The van der Waals surface area contributed by atoms with Crippen LogP contribution >= 0.6 is 0 Å². The minimum atomic E-state index is -0.536. The molecule has 4 aromatic rings. The van der Waals surface area contributed by atoms with E-state index in [4.69, 9.17) is 33.2 Å². The fourth-order valence-corrected chi connectivity index (χ4v) is 10.3. The molecule has 0 bridgehead atoms. The van der Waals surface area contributed by atoms with Crippen LogP contribution in [0.3, 0.4) is 0 Å². The molecule has 0 radical (unpaired) electrons. The SMILES string of the molecule is C=C(C)C(=O)OCCOC(=O)/C=C/c1ccc(-c2ccccc2)cc1.C=C(C)C(=O)OCCOC(=O)/C=C/c1ccc(C2CCCCC2)cc1.C=C(C)C(=O)OCCOC(=O)/C=C/c1ccc(OC(=O)C2CCC(C3CCC(CC)CC3)CC2)cc1. The summed E-state index contributed by atoms with van der Waals surface area (Å²) in [6, 6.07) is 33.3. The number of carbonyl (C=O) groups excluding carboxylic acids is 7. The number of esters is 7. The molecule has 0 spiro atoms. The normalized spacial score (nSPS) is 17.5. The quantitative estimate of drug-likeness (QED) is 0.0212. The summed E-state index contributed by atoms with van der Waals surface area (Å²) in [6.45, 7) is 17.4. The second kappa shape index (κ2) is 37.8. The third-order valence-corrected chi connectivity index (χ3v) is 15.3. The monoisotopic (exact) mass is 1170 g/mol. The Morgan fingerprint density at radius 2 is 0.802 bits per heavy atom. The molecule has 0 aliphatic heterocycles. The molecule has 0 heterocycles. The Bertz CT molecular complexity index is 2930. The van der Waals surface area contributed by atoms with Crippen LogP contribution in [0.1, 0.15) is 146 Å². The summed E-state index contributed by atoms with van der Waals surface area (Å²) in [7, 11) is 0. The highest BCUT2D eigenvalue weighted by atomic mass is 16.6. The average Bonchev–Trinajstić information content (AvgIpc) is 3.63. The molecule has 4 aromatic carbocycles. The molecule has 14 heteroatoms. The minimum Gasteiger partial charge on any atom is -0.459 e. The average molecular weight is 1180 g/mol. The van der Waals surface area contributed by atoms with Gasteiger partial charge in [0.25, 0.3) is 0 Å². The van der Waals surface area contributed by atoms with Crippen molar-refractivity contribution < 1.29 is 66.7 Å². The van der Waals surface area contributed by atoms with Gasteiger partial charge in [0.05, 0.1) is 5.92 Å². The maximum Gasteiger partial charge on any atom is 0.333 e. The lowest BCUT2D eigenvalue weighted by Gasteiger charge is -2.37. The molecule has 86 heavy (non-hydrogen) atoms. The van der Waals surface area contributed by atoms with E-state index in [9.17, 15) is 33.6 Å². The van der Waals surface area contributed by atoms with Crippen molar-refractivity contribution in [1.82, 2.24) is 0 Å². The van der Waals surface area contributed by atoms with E-state index in [0.29, 0.717) is 28.4 Å². The van der Waals surface area contributed by atoms with E-state index in [0.717, 1.165) is 71.3 Å². The van der Waals surface area contributed by atoms with Gasteiger partial charge in [-0.15, -0.1) is 0 Å². The molecule has 0 amide bonds. The lowest BCUT2D eigenvalue weighted by molar-refractivity contribution is -0.146. The van der Waals surface area contributed by atoms with Crippen LogP contribution in [0.4, 0.5) is 0 Å². The van der Waals surface area contributed by atoms with Gasteiger partial charge in [-0.2, -0.15) is 0 Å². The number of benzene rings is 4. The zero-order valence-corrected chi connectivity index (χ0v) is 50.6. The highest BCUT2D eigenvalue weighted by Gasteiger charge is 2.33. The molecular formula is C72H86O14. The molecule has 14 nitrogen and oxygen atoms in total. The molecule has 3 aliphatic rings. The summed E-state index contributed by atoms with van der Waals surface area (Å²) < 4.78 is 35.1. The van der Waals surface area contributed by atoms with E-state index < -0.39 is 35.8 Å². The first-order valence-corrected chi connectivity index (χ1v) is 30.1. The number of hydrogen-bond acceptors (Lipinski definition) is 14. The van der Waals surface area contributed by atoms with E-state index in [1.807, 2.05) is 66.7 Å². The standard InChI is InChI=1S/C30H40O6.C21H26O4.C21H20O4/c1-4-22-5-10-24(11-6-22)25-12-14-26(15-13-25)30(33)36-27-16-7-23(8-17-27)9-18-28(31)34-19-20-35-29(32)21(2)3;2*1-16(2)21(23)25-15-14-24-20(22)13-10-17-8-11-19(12-9-17)18-6-4-3-5-7-18/h7-9,16-18,22,24-26H,2,4-6,10-15,19-20H2,1,3H3;8-13,18H,1,3-7,14-15H2,2H3;3-13H,1,14-15H2,2H3/b18-9+;2*13-10+. The van der Waals surface area contributed by atoms with Crippen LogP contribution < -0.4 is 4.74 Å². The minimum absolute atomic E-state index is 0.00907. The Morgan fingerprint density at radius 3 is 1.21 bits per heavy atom. The molecule has 0 saturated heterocycles. The Balaban J connectivity index is 0.000000242. The largest absolute Gasteiger partial charge is 0.459 e. The van der Waals surface area contributed by atoms with Crippen LogP contribution in [0.25, 0.3) is 29.4 Å². The summed E-state index contributed by atoms with van der Waals surface area (Å²) >= 11 is 0. The fraction of sp³-hybridized carbons (Fsp3) is 0.403. The fourth-order valence-electron chi connectivity index (χ4n) is 10.3. The van der Waals surface area contributed by atoms with Crippen molar-refractivity contribution in [1.29, 1.82) is 0 Å². The highest BCUT2D eigenvalue weighted by Crippen LogP contribution is 2.42. The van der Waals surface area contributed by atoms with E-state index in [1.165, 1.54) is 88.0 Å². The molecular weight excluding hydrogens is 1090 g/mol. The molecule has 3 aliphatic carbocycles. The Hall–Kier alpha value is -8.39. The third-order valence-electron chi connectivity index (χ3n) is 15.3. The maximum atomic E-state index is 12.7. The van der Waals surface area contributed by atoms with Crippen LogP contribution in [0.5, 0.6) is 5.75 Å². The van der Waals surface area contributed by atoms with Crippen LogP contribution in [0.2, 0.25) is 0 Å². The van der Waals surface area contributed by atoms with Gasteiger partial charge in [-0.3, -0.25) is 4.79 Å².